The highest BCUT2D eigenvalue weighted by Crippen LogP contribution is 2.25. The fourth-order valence-electron chi connectivity index (χ4n) is 4.39. The molecule has 0 saturated carbocycles. The van der Waals surface area contributed by atoms with E-state index in [4.69, 9.17) is 0 Å². The first kappa shape index (κ1) is 26.4. The second kappa shape index (κ2) is 11.2. The lowest BCUT2D eigenvalue weighted by Crippen LogP contribution is -2.65. The van der Waals surface area contributed by atoms with Crippen molar-refractivity contribution >= 4 is 21.8 Å². The molecule has 9 nitrogen and oxygen atoms in total. The van der Waals surface area contributed by atoms with Crippen LogP contribution in [0.1, 0.15) is 26.3 Å². The molecular formula is C27H31N5O4S. The first-order valence-electron chi connectivity index (χ1n) is 12.2. The van der Waals surface area contributed by atoms with Gasteiger partial charge >= 0.3 is 0 Å². The molecule has 1 aliphatic rings. The van der Waals surface area contributed by atoms with Crippen LogP contribution in [0.15, 0.2) is 78.0 Å². The molecule has 1 fully saturated rings. The second-order valence-electron chi connectivity index (χ2n) is 9.39. The molecular weight excluding hydrogens is 490 g/mol. The van der Waals surface area contributed by atoms with Gasteiger partial charge in [0, 0.05) is 49.6 Å². The standard InChI is InChI=1S/C27H31N5O4S/c1-19(2)27(34)32-20(3)17-31(37(35,36)23-8-5-4-6-9-23)18-24(32)26(33)30-16-21-10-12-22(13-11-21)25-28-14-7-15-29-25/h4-15,19-20,24H,16-18H2,1-3H3,(H,30,33). The van der Waals surface area contributed by atoms with E-state index in [9.17, 15) is 18.0 Å². The summed E-state index contributed by atoms with van der Waals surface area (Å²) >= 11 is 0. The van der Waals surface area contributed by atoms with Crippen LogP contribution in [0.4, 0.5) is 0 Å². The van der Waals surface area contributed by atoms with E-state index in [0.717, 1.165) is 11.1 Å². The summed E-state index contributed by atoms with van der Waals surface area (Å²) in [6.07, 6.45) is 3.35. The molecule has 1 N–H and O–H groups in total. The van der Waals surface area contributed by atoms with Crippen molar-refractivity contribution in [3.05, 3.63) is 78.6 Å². The van der Waals surface area contributed by atoms with Crippen LogP contribution in [0.2, 0.25) is 0 Å². The third kappa shape index (κ3) is 5.86. The smallest absolute Gasteiger partial charge is 0.244 e. The molecule has 2 atom stereocenters. The first-order valence-corrected chi connectivity index (χ1v) is 13.6. The Morgan fingerprint density at radius 2 is 1.62 bits per heavy atom. The normalized spacial score (nSPS) is 18.5. The zero-order chi connectivity index (χ0) is 26.6. The van der Waals surface area contributed by atoms with Crippen molar-refractivity contribution in [2.24, 2.45) is 5.92 Å². The zero-order valence-corrected chi connectivity index (χ0v) is 21.9. The van der Waals surface area contributed by atoms with Gasteiger partial charge in [-0.15, -0.1) is 0 Å². The molecule has 1 aromatic heterocycles. The Labute approximate surface area is 217 Å². The topological polar surface area (TPSA) is 113 Å². The summed E-state index contributed by atoms with van der Waals surface area (Å²) in [5, 5.41) is 2.90. The van der Waals surface area contributed by atoms with E-state index in [-0.39, 0.29) is 36.4 Å². The third-order valence-corrected chi connectivity index (χ3v) is 8.18. The number of carbonyl (C=O) groups excluding carboxylic acids is 2. The Morgan fingerprint density at radius 3 is 2.24 bits per heavy atom. The van der Waals surface area contributed by atoms with Crippen LogP contribution in [0, 0.1) is 5.92 Å². The summed E-state index contributed by atoms with van der Waals surface area (Å²) in [4.78, 5) is 36.6. The third-order valence-electron chi connectivity index (χ3n) is 6.33. The minimum absolute atomic E-state index is 0.114. The Hall–Kier alpha value is -3.63. The number of benzene rings is 2. The summed E-state index contributed by atoms with van der Waals surface area (Å²) in [6.45, 7) is 5.55. The molecule has 2 aromatic carbocycles. The number of nitrogens with zero attached hydrogens (tertiary/aromatic N) is 4. The van der Waals surface area contributed by atoms with E-state index in [1.54, 1.807) is 57.4 Å². The molecule has 0 spiro atoms. The Balaban J connectivity index is 1.52. The lowest BCUT2D eigenvalue weighted by Gasteiger charge is -2.44. The van der Waals surface area contributed by atoms with Gasteiger partial charge in [0.25, 0.3) is 0 Å². The Bertz CT molecular complexity index is 1330. The lowest BCUT2D eigenvalue weighted by atomic mass is 10.0. The minimum atomic E-state index is -3.83. The van der Waals surface area contributed by atoms with E-state index >= 15 is 0 Å². The number of carbonyl (C=O) groups is 2. The molecule has 0 aliphatic carbocycles. The number of rotatable bonds is 7. The minimum Gasteiger partial charge on any atom is -0.350 e. The van der Waals surface area contributed by atoms with Crippen molar-refractivity contribution in [2.75, 3.05) is 13.1 Å². The number of aromatic nitrogens is 2. The number of hydrogen-bond donors (Lipinski definition) is 1. The fraction of sp³-hybridized carbons (Fsp3) is 0.333. The molecule has 2 heterocycles. The number of hydrogen-bond acceptors (Lipinski definition) is 6. The summed E-state index contributed by atoms with van der Waals surface area (Å²) in [7, 11) is -3.83. The highest BCUT2D eigenvalue weighted by molar-refractivity contribution is 7.89. The number of nitrogens with one attached hydrogen (secondary N) is 1. The molecule has 4 rings (SSSR count). The van der Waals surface area contributed by atoms with Crippen LogP contribution in [-0.4, -0.2) is 64.6 Å². The van der Waals surface area contributed by atoms with Crippen LogP contribution < -0.4 is 5.32 Å². The average Bonchev–Trinajstić information content (AvgIpc) is 2.92. The van der Waals surface area contributed by atoms with E-state index in [0.29, 0.717) is 5.82 Å². The zero-order valence-electron chi connectivity index (χ0n) is 21.1. The van der Waals surface area contributed by atoms with Crippen molar-refractivity contribution in [1.29, 1.82) is 0 Å². The molecule has 2 unspecified atom stereocenters. The highest BCUT2D eigenvalue weighted by atomic mass is 32.2. The quantitative estimate of drug-likeness (QED) is 0.512. The van der Waals surface area contributed by atoms with Crippen LogP contribution in [-0.2, 0) is 26.2 Å². The van der Waals surface area contributed by atoms with Gasteiger partial charge in [-0.3, -0.25) is 9.59 Å². The number of amides is 2. The average molecular weight is 522 g/mol. The Kier molecular flexibility index (Phi) is 7.99. The number of sulfonamides is 1. The summed E-state index contributed by atoms with van der Waals surface area (Å²) in [5.74, 6) is -0.305. The SMILES string of the molecule is CC(C)C(=O)N1C(C)CN(S(=O)(=O)c2ccccc2)CC1C(=O)NCc1ccc(-c2ncccn2)cc1. The van der Waals surface area contributed by atoms with E-state index in [1.165, 1.54) is 21.3 Å². The van der Waals surface area contributed by atoms with Gasteiger partial charge in [-0.05, 0) is 30.7 Å². The lowest BCUT2D eigenvalue weighted by molar-refractivity contribution is -0.148. The molecule has 1 aliphatic heterocycles. The highest BCUT2D eigenvalue weighted by Gasteiger charge is 2.43. The predicted molar refractivity (Wildman–Crippen MR) is 139 cm³/mol. The predicted octanol–water partition coefficient (Wildman–Crippen LogP) is 2.71. The summed E-state index contributed by atoms with van der Waals surface area (Å²) in [6, 6.07) is 16.0. The number of piperazine rings is 1. The molecule has 10 heteroatoms. The van der Waals surface area contributed by atoms with E-state index in [2.05, 4.69) is 15.3 Å². The van der Waals surface area contributed by atoms with Gasteiger partial charge in [0.1, 0.15) is 6.04 Å². The maximum absolute atomic E-state index is 13.4. The van der Waals surface area contributed by atoms with E-state index < -0.39 is 28.0 Å². The van der Waals surface area contributed by atoms with Crippen molar-refractivity contribution < 1.29 is 18.0 Å². The van der Waals surface area contributed by atoms with Gasteiger partial charge in [-0.2, -0.15) is 4.31 Å². The maximum atomic E-state index is 13.4. The van der Waals surface area contributed by atoms with Gasteiger partial charge < -0.3 is 10.2 Å². The van der Waals surface area contributed by atoms with Gasteiger partial charge in [0.15, 0.2) is 5.82 Å². The van der Waals surface area contributed by atoms with Crippen molar-refractivity contribution in [1.82, 2.24) is 24.5 Å². The monoisotopic (exact) mass is 521 g/mol. The molecule has 0 radical (unpaired) electrons. The first-order chi connectivity index (χ1) is 17.7. The van der Waals surface area contributed by atoms with Crippen molar-refractivity contribution in [3.63, 3.8) is 0 Å². The molecule has 2 amide bonds. The van der Waals surface area contributed by atoms with Gasteiger partial charge in [-0.25, -0.2) is 18.4 Å². The van der Waals surface area contributed by atoms with E-state index in [1.807, 2.05) is 24.3 Å². The molecule has 37 heavy (non-hydrogen) atoms. The van der Waals surface area contributed by atoms with Crippen LogP contribution in [0.25, 0.3) is 11.4 Å². The fourth-order valence-corrected chi connectivity index (χ4v) is 5.94. The van der Waals surface area contributed by atoms with Crippen molar-refractivity contribution in [2.45, 2.75) is 44.3 Å². The molecule has 0 bridgehead atoms. The van der Waals surface area contributed by atoms with Crippen LogP contribution >= 0.6 is 0 Å². The summed E-state index contributed by atoms with van der Waals surface area (Å²) in [5.41, 5.74) is 1.71. The molecule has 194 valence electrons. The second-order valence-corrected chi connectivity index (χ2v) is 11.3. The van der Waals surface area contributed by atoms with Crippen molar-refractivity contribution in [3.8, 4) is 11.4 Å². The maximum Gasteiger partial charge on any atom is 0.244 e. The van der Waals surface area contributed by atoms with Gasteiger partial charge in [0.2, 0.25) is 21.8 Å². The van der Waals surface area contributed by atoms with Gasteiger partial charge in [-0.1, -0.05) is 56.3 Å². The van der Waals surface area contributed by atoms with Crippen LogP contribution in [0.3, 0.4) is 0 Å². The summed E-state index contributed by atoms with van der Waals surface area (Å²) < 4.78 is 27.9. The largest absolute Gasteiger partial charge is 0.350 e. The van der Waals surface area contributed by atoms with Crippen LogP contribution in [0.5, 0.6) is 0 Å². The Morgan fingerprint density at radius 1 is 0.973 bits per heavy atom. The molecule has 1 saturated heterocycles. The van der Waals surface area contributed by atoms with Gasteiger partial charge in [0.05, 0.1) is 4.90 Å². The molecule has 3 aromatic rings.